The standard InChI is InChI=1S/C23H26N6O4S/c1-12-25-19-16(10-18(28-20(19)26-12)29-21(30)13-5-6-13)27-15-8-7-14(9-17(15)34(4,31)32)22-24-11-23(2,3)33-22/h7-10,13H,5-6,11H2,1-4H3,(H3,25,26,27,28,29,30). The summed E-state index contributed by atoms with van der Waals surface area (Å²) in [6.07, 6.45) is 2.90. The van der Waals surface area contributed by atoms with Crippen molar-refractivity contribution in [1.29, 1.82) is 0 Å². The lowest BCUT2D eigenvalue weighted by molar-refractivity contribution is -0.117. The van der Waals surface area contributed by atoms with E-state index in [2.05, 4.69) is 30.6 Å². The number of hydrogen-bond donors (Lipinski definition) is 3. The van der Waals surface area contributed by atoms with E-state index in [9.17, 15) is 13.2 Å². The van der Waals surface area contributed by atoms with Gasteiger partial charge in [-0.1, -0.05) is 0 Å². The van der Waals surface area contributed by atoms with E-state index in [1.54, 1.807) is 31.2 Å². The molecule has 0 radical (unpaired) electrons. The molecule has 1 amide bonds. The highest BCUT2D eigenvalue weighted by atomic mass is 32.2. The Balaban J connectivity index is 1.54. The summed E-state index contributed by atoms with van der Waals surface area (Å²) in [6, 6.07) is 6.68. The molecule has 5 rings (SSSR count). The van der Waals surface area contributed by atoms with Crippen LogP contribution in [0.15, 0.2) is 34.2 Å². The van der Waals surface area contributed by atoms with E-state index in [-0.39, 0.29) is 16.7 Å². The summed E-state index contributed by atoms with van der Waals surface area (Å²) in [4.78, 5) is 28.8. The van der Waals surface area contributed by atoms with Crippen molar-refractivity contribution in [3.8, 4) is 0 Å². The molecular formula is C23H26N6O4S. The molecule has 2 aromatic heterocycles. The Morgan fingerprint density at radius 1 is 1.18 bits per heavy atom. The maximum absolute atomic E-state index is 12.7. The van der Waals surface area contributed by atoms with Crippen LogP contribution in [0, 0.1) is 12.8 Å². The average molecular weight is 483 g/mol. The van der Waals surface area contributed by atoms with Crippen LogP contribution in [0.1, 0.15) is 38.1 Å². The van der Waals surface area contributed by atoms with Crippen molar-refractivity contribution in [1.82, 2.24) is 15.0 Å². The molecule has 0 bridgehead atoms. The number of sulfone groups is 1. The van der Waals surface area contributed by atoms with Crippen molar-refractivity contribution in [3.05, 3.63) is 35.7 Å². The number of carbonyl (C=O) groups excluding carboxylic acids is 1. The van der Waals surface area contributed by atoms with Crippen LogP contribution in [-0.4, -0.2) is 53.6 Å². The third-order valence-corrected chi connectivity index (χ3v) is 6.79. The predicted molar refractivity (Wildman–Crippen MR) is 129 cm³/mol. The highest BCUT2D eigenvalue weighted by Crippen LogP contribution is 2.34. The van der Waals surface area contributed by atoms with Crippen LogP contribution in [-0.2, 0) is 19.4 Å². The van der Waals surface area contributed by atoms with Crippen LogP contribution in [0.25, 0.3) is 11.2 Å². The summed E-state index contributed by atoms with van der Waals surface area (Å²) in [6.45, 7) is 6.16. The second-order valence-electron chi connectivity index (χ2n) is 9.43. The molecule has 0 atom stereocenters. The number of fused-ring (bicyclic) bond motifs is 1. The molecule has 34 heavy (non-hydrogen) atoms. The first-order chi connectivity index (χ1) is 16.0. The summed E-state index contributed by atoms with van der Waals surface area (Å²) >= 11 is 0. The summed E-state index contributed by atoms with van der Waals surface area (Å²) in [7, 11) is -3.60. The predicted octanol–water partition coefficient (Wildman–Crippen LogP) is 3.32. The fourth-order valence-electron chi connectivity index (χ4n) is 3.79. The molecule has 1 aromatic carbocycles. The van der Waals surface area contributed by atoms with Gasteiger partial charge in [-0.25, -0.2) is 23.4 Å². The number of pyridine rings is 1. The second-order valence-corrected chi connectivity index (χ2v) is 11.4. The fraction of sp³-hybridized carbons (Fsp3) is 0.391. The van der Waals surface area contributed by atoms with Gasteiger partial charge in [-0.15, -0.1) is 0 Å². The Bertz CT molecular complexity index is 1450. The van der Waals surface area contributed by atoms with Gasteiger partial charge in [-0.2, -0.15) is 0 Å². The van der Waals surface area contributed by atoms with E-state index in [0.29, 0.717) is 52.2 Å². The van der Waals surface area contributed by atoms with E-state index >= 15 is 0 Å². The number of aromatic nitrogens is 3. The number of ether oxygens (including phenoxy) is 1. The van der Waals surface area contributed by atoms with Gasteiger partial charge in [0.25, 0.3) is 0 Å². The molecule has 2 aliphatic rings. The smallest absolute Gasteiger partial charge is 0.228 e. The molecule has 10 nitrogen and oxygen atoms in total. The third-order valence-electron chi connectivity index (χ3n) is 5.65. The topological polar surface area (TPSA) is 138 Å². The molecular weight excluding hydrogens is 456 g/mol. The lowest BCUT2D eigenvalue weighted by atomic mass is 10.1. The largest absolute Gasteiger partial charge is 0.469 e. The molecule has 11 heteroatoms. The van der Waals surface area contributed by atoms with Gasteiger partial charge in [0.05, 0.1) is 22.8 Å². The number of benzene rings is 1. The molecule has 1 fully saturated rings. The molecule has 1 saturated carbocycles. The van der Waals surface area contributed by atoms with Gasteiger partial charge < -0.3 is 20.4 Å². The number of nitrogens with one attached hydrogen (secondary N) is 3. The highest BCUT2D eigenvalue weighted by molar-refractivity contribution is 7.90. The molecule has 3 aromatic rings. The van der Waals surface area contributed by atoms with Crippen LogP contribution in [0.5, 0.6) is 0 Å². The van der Waals surface area contributed by atoms with E-state index in [1.807, 2.05) is 13.8 Å². The van der Waals surface area contributed by atoms with E-state index in [0.717, 1.165) is 19.1 Å². The van der Waals surface area contributed by atoms with Gasteiger partial charge in [0.2, 0.25) is 11.8 Å². The molecule has 0 spiro atoms. The van der Waals surface area contributed by atoms with Crippen LogP contribution >= 0.6 is 0 Å². The molecule has 0 unspecified atom stereocenters. The van der Waals surface area contributed by atoms with Gasteiger partial charge in [-0.05, 0) is 51.8 Å². The number of nitrogens with zero attached hydrogens (tertiary/aromatic N) is 3. The summed E-state index contributed by atoms with van der Waals surface area (Å²) in [5, 5.41) is 6.04. The van der Waals surface area contributed by atoms with Crippen molar-refractivity contribution in [2.24, 2.45) is 10.9 Å². The molecule has 1 aliphatic carbocycles. The maximum Gasteiger partial charge on any atom is 0.228 e. The second kappa shape index (κ2) is 7.79. The number of rotatable bonds is 6. The highest BCUT2D eigenvalue weighted by Gasteiger charge is 2.31. The maximum atomic E-state index is 12.7. The van der Waals surface area contributed by atoms with Gasteiger partial charge >= 0.3 is 0 Å². The Labute approximate surface area is 197 Å². The van der Waals surface area contributed by atoms with Crippen LogP contribution < -0.4 is 10.6 Å². The van der Waals surface area contributed by atoms with Crippen LogP contribution in [0.3, 0.4) is 0 Å². The number of H-pyrrole nitrogens is 1. The molecule has 3 heterocycles. The summed E-state index contributed by atoms with van der Waals surface area (Å²) in [5.74, 6) is 1.36. The first kappa shape index (κ1) is 22.3. The van der Waals surface area contributed by atoms with Crippen molar-refractivity contribution >= 4 is 50.0 Å². The van der Waals surface area contributed by atoms with Gasteiger partial charge in [-0.3, -0.25) is 4.79 Å². The minimum Gasteiger partial charge on any atom is -0.469 e. The van der Waals surface area contributed by atoms with Gasteiger partial charge in [0, 0.05) is 23.8 Å². The molecule has 1 aliphatic heterocycles. The minimum absolute atomic E-state index is 0.0184. The molecule has 0 saturated heterocycles. The Kier molecular flexibility index (Phi) is 5.12. The van der Waals surface area contributed by atoms with Gasteiger partial charge in [0.1, 0.15) is 22.8 Å². The van der Waals surface area contributed by atoms with Crippen molar-refractivity contribution in [3.63, 3.8) is 0 Å². The summed E-state index contributed by atoms with van der Waals surface area (Å²) in [5.41, 5.74) is 2.11. The lowest BCUT2D eigenvalue weighted by Gasteiger charge is -2.18. The monoisotopic (exact) mass is 482 g/mol. The first-order valence-corrected chi connectivity index (χ1v) is 12.9. The molecule has 3 N–H and O–H groups in total. The number of hydrogen-bond acceptors (Lipinski definition) is 8. The third kappa shape index (κ3) is 4.47. The Morgan fingerprint density at radius 3 is 2.59 bits per heavy atom. The zero-order valence-electron chi connectivity index (χ0n) is 19.4. The number of carbonyl (C=O) groups is 1. The normalized spacial score (nSPS) is 17.4. The SMILES string of the molecule is Cc1nc2nc(NC(=O)C3CC3)cc(Nc3ccc(C4=NCC(C)(C)O4)cc3S(C)(=O)=O)c2[nH]1. The minimum atomic E-state index is -3.60. The van der Waals surface area contributed by atoms with E-state index in [1.165, 1.54) is 0 Å². The number of aromatic amines is 1. The van der Waals surface area contributed by atoms with Crippen molar-refractivity contribution < 1.29 is 17.9 Å². The zero-order valence-corrected chi connectivity index (χ0v) is 20.2. The fourth-order valence-corrected chi connectivity index (χ4v) is 4.65. The van der Waals surface area contributed by atoms with Crippen molar-refractivity contribution in [2.45, 2.75) is 44.1 Å². The van der Waals surface area contributed by atoms with Crippen molar-refractivity contribution in [2.75, 3.05) is 23.4 Å². The number of anilines is 3. The average Bonchev–Trinajstić information content (AvgIpc) is 3.44. The number of aryl methyl sites for hydroxylation is 1. The summed E-state index contributed by atoms with van der Waals surface area (Å²) < 4.78 is 31.3. The number of aliphatic imine (C=N–C) groups is 1. The van der Waals surface area contributed by atoms with Crippen LogP contribution in [0.4, 0.5) is 17.2 Å². The van der Waals surface area contributed by atoms with E-state index in [4.69, 9.17) is 4.74 Å². The van der Waals surface area contributed by atoms with Gasteiger partial charge in [0.15, 0.2) is 15.5 Å². The van der Waals surface area contributed by atoms with Crippen LogP contribution in [0.2, 0.25) is 0 Å². The zero-order chi connectivity index (χ0) is 24.3. The lowest BCUT2D eigenvalue weighted by Crippen LogP contribution is -2.24. The number of imidazole rings is 1. The Morgan fingerprint density at radius 2 is 1.94 bits per heavy atom. The molecule has 178 valence electrons. The quantitative estimate of drug-likeness (QED) is 0.490. The number of amides is 1. The first-order valence-electron chi connectivity index (χ1n) is 11.0. The Hall–Kier alpha value is -3.47. The van der Waals surface area contributed by atoms with E-state index < -0.39 is 15.4 Å².